The highest BCUT2D eigenvalue weighted by Crippen LogP contribution is 2.21. The minimum absolute atomic E-state index is 0.176. The summed E-state index contributed by atoms with van der Waals surface area (Å²) in [5.74, 6) is -2.72. The fraction of sp³-hybridized carbons (Fsp3) is 0.500. The molecule has 6 heteroatoms. The van der Waals surface area contributed by atoms with Gasteiger partial charge in [0.2, 0.25) is 5.91 Å². The molecule has 1 atom stereocenters. The van der Waals surface area contributed by atoms with E-state index in [2.05, 4.69) is 0 Å². The minimum Gasteiger partial charge on any atom is -0.342 e. The number of benzene rings is 1. The van der Waals surface area contributed by atoms with Crippen LogP contribution in [0.3, 0.4) is 0 Å². The Morgan fingerprint density at radius 3 is 2.50 bits per heavy atom. The number of carbonyl (C=O) groups excluding carboxylic acids is 2. The van der Waals surface area contributed by atoms with E-state index in [1.165, 1.54) is 11.0 Å². The molecule has 1 aliphatic heterocycles. The van der Waals surface area contributed by atoms with Crippen LogP contribution in [-0.4, -0.2) is 47.8 Å². The van der Waals surface area contributed by atoms with Crippen molar-refractivity contribution < 1.29 is 18.4 Å². The van der Waals surface area contributed by atoms with E-state index in [0.717, 1.165) is 25.0 Å². The molecular formula is C16H20F2N2O2. The molecule has 1 unspecified atom stereocenters. The summed E-state index contributed by atoms with van der Waals surface area (Å²) in [4.78, 5) is 27.7. The lowest BCUT2D eigenvalue weighted by atomic mass is 10.0. The van der Waals surface area contributed by atoms with E-state index in [9.17, 15) is 18.4 Å². The van der Waals surface area contributed by atoms with Crippen molar-refractivity contribution in [2.24, 2.45) is 0 Å². The van der Waals surface area contributed by atoms with Crippen molar-refractivity contribution in [2.75, 3.05) is 20.1 Å². The Kier molecular flexibility index (Phi) is 5.11. The van der Waals surface area contributed by atoms with Crippen LogP contribution in [0.4, 0.5) is 8.78 Å². The van der Waals surface area contributed by atoms with Crippen molar-refractivity contribution in [3.05, 3.63) is 35.4 Å². The van der Waals surface area contributed by atoms with Crippen LogP contribution in [0, 0.1) is 11.6 Å². The number of nitrogens with zero attached hydrogens (tertiary/aromatic N) is 2. The topological polar surface area (TPSA) is 40.6 Å². The summed E-state index contributed by atoms with van der Waals surface area (Å²) >= 11 is 0. The van der Waals surface area contributed by atoms with Gasteiger partial charge in [-0.15, -0.1) is 0 Å². The summed E-state index contributed by atoms with van der Waals surface area (Å²) in [6.45, 7) is 2.63. The van der Waals surface area contributed by atoms with Gasteiger partial charge >= 0.3 is 0 Å². The maximum atomic E-state index is 13.8. The molecule has 2 amide bonds. The van der Waals surface area contributed by atoms with Gasteiger partial charge in [-0.2, -0.15) is 0 Å². The lowest BCUT2D eigenvalue weighted by Gasteiger charge is -2.39. The molecule has 1 aromatic rings. The van der Waals surface area contributed by atoms with Gasteiger partial charge in [0, 0.05) is 20.1 Å². The number of halogens is 2. The first-order valence-corrected chi connectivity index (χ1v) is 7.47. The number of hydrogen-bond donors (Lipinski definition) is 0. The number of hydrogen-bond acceptors (Lipinski definition) is 2. The standard InChI is InChI=1S/C16H20F2N2O2/c1-3-4-8-13-15(21)19(2)9-10-20(13)16(22)14-11(17)6-5-7-12(14)18/h5-7,13H,3-4,8-10H2,1-2H3. The highest BCUT2D eigenvalue weighted by atomic mass is 19.1. The second-order valence-corrected chi connectivity index (χ2v) is 5.51. The first-order chi connectivity index (χ1) is 10.5. The van der Waals surface area contributed by atoms with Crippen molar-refractivity contribution in [1.29, 1.82) is 0 Å². The average Bonchev–Trinajstić information content (AvgIpc) is 2.48. The molecule has 1 aliphatic rings. The molecule has 22 heavy (non-hydrogen) atoms. The summed E-state index contributed by atoms with van der Waals surface area (Å²) in [5.41, 5.74) is -0.582. The Bertz CT molecular complexity index is 557. The summed E-state index contributed by atoms with van der Waals surface area (Å²) in [7, 11) is 1.67. The highest BCUT2D eigenvalue weighted by molar-refractivity contribution is 5.98. The van der Waals surface area contributed by atoms with Crippen LogP contribution in [0.1, 0.15) is 36.5 Å². The average molecular weight is 310 g/mol. The Balaban J connectivity index is 2.31. The predicted molar refractivity (Wildman–Crippen MR) is 78.3 cm³/mol. The zero-order valence-corrected chi connectivity index (χ0v) is 12.8. The van der Waals surface area contributed by atoms with Crippen molar-refractivity contribution >= 4 is 11.8 Å². The maximum Gasteiger partial charge on any atom is 0.260 e. The van der Waals surface area contributed by atoms with E-state index < -0.39 is 29.1 Å². The molecule has 4 nitrogen and oxygen atoms in total. The number of rotatable bonds is 4. The maximum absolute atomic E-state index is 13.8. The van der Waals surface area contributed by atoms with Gasteiger partial charge in [0.15, 0.2) is 0 Å². The van der Waals surface area contributed by atoms with E-state index in [1.807, 2.05) is 6.92 Å². The molecule has 2 rings (SSSR count). The van der Waals surface area contributed by atoms with Crippen LogP contribution in [0.15, 0.2) is 18.2 Å². The first-order valence-electron chi connectivity index (χ1n) is 7.47. The molecule has 1 saturated heterocycles. The summed E-state index contributed by atoms with van der Waals surface area (Å²) in [6, 6.07) is 2.67. The fourth-order valence-electron chi connectivity index (χ4n) is 2.68. The van der Waals surface area contributed by atoms with Crippen LogP contribution in [-0.2, 0) is 4.79 Å². The monoisotopic (exact) mass is 310 g/mol. The van der Waals surface area contributed by atoms with E-state index >= 15 is 0 Å². The van der Waals surface area contributed by atoms with Gasteiger partial charge in [0.05, 0.1) is 0 Å². The lowest BCUT2D eigenvalue weighted by Crippen LogP contribution is -2.57. The normalized spacial score (nSPS) is 18.7. The van der Waals surface area contributed by atoms with Gasteiger partial charge in [-0.3, -0.25) is 9.59 Å². The number of unbranched alkanes of at least 4 members (excludes halogenated alkanes) is 1. The Morgan fingerprint density at radius 2 is 1.91 bits per heavy atom. The van der Waals surface area contributed by atoms with E-state index in [4.69, 9.17) is 0 Å². The summed E-state index contributed by atoms with van der Waals surface area (Å²) in [6.07, 6.45) is 2.15. The van der Waals surface area contributed by atoms with Gasteiger partial charge in [-0.25, -0.2) is 8.78 Å². The largest absolute Gasteiger partial charge is 0.342 e. The number of carbonyl (C=O) groups is 2. The molecular weight excluding hydrogens is 290 g/mol. The summed E-state index contributed by atoms with van der Waals surface area (Å²) in [5, 5.41) is 0. The molecule has 0 N–H and O–H groups in total. The zero-order chi connectivity index (χ0) is 16.3. The van der Waals surface area contributed by atoms with Crippen LogP contribution in [0.2, 0.25) is 0 Å². The second-order valence-electron chi connectivity index (χ2n) is 5.51. The fourth-order valence-corrected chi connectivity index (χ4v) is 2.68. The van der Waals surface area contributed by atoms with Crippen LogP contribution >= 0.6 is 0 Å². The van der Waals surface area contributed by atoms with Crippen LogP contribution < -0.4 is 0 Å². The van der Waals surface area contributed by atoms with Gasteiger partial charge in [0.25, 0.3) is 5.91 Å². The van der Waals surface area contributed by atoms with E-state index in [0.29, 0.717) is 13.0 Å². The second kappa shape index (κ2) is 6.85. The predicted octanol–water partition coefficient (Wildman–Crippen LogP) is 2.44. The van der Waals surface area contributed by atoms with Gasteiger partial charge in [0.1, 0.15) is 23.2 Å². The van der Waals surface area contributed by atoms with Gasteiger partial charge in [-0.05, 0) is 18.6 Å². The third-order valence-electron chi connectivity index (χ3n) is 3.98. The number of amides is 2. The molecule has 0 aromatic heterocycles. The number of likely N-dealkylation sites (N-methyl/N-ethyl adjacent to an activating group) is 1. The Morgan fingerprint density at radius 1 is 1.27 bits per heavy atom. The molecule has 0 bridgehead atoms. The SMILES string of the molecule is CCCCC1C(=O)N(C)CCN1C(=O)c1c(F)cccc1F. The molecule has 0 saturated carbocycles. The van der Waals surface area contributed by atoms with Crippen LogP contribution in [0.5, 0.6) is 0 Å². The molecule has 1 aromatic carbocycles. The summed E-state index contributed by atoms with van der Waals surface area (Å²) < 4.78 is 27.7. The molecule has 0 spiro atoms. The van der Waals surface area contributed by atoms with Crippen molar-refractivity contribution in [1.82, 2.24) is 9.80 Å². The van der Waals surface area contributed by atoms with Crippen molar-refractivity contribution in [3.63, 3.8) is 0 Å². The third kappa shape index (κ3) is 3.10. The Labute approximate surface area is 128 Å². The first kappa shape index (κ1) is 16.4. The molecule has 0 aliphatic carbocycles. The number of piperazine rings is 1. The lowest BCUT2D eigenvalue weighted by molar-refractivity contribution is -0.138. The van der Waals surface area contributed by atoms with Gasteiger partial charge in [-0.1, -0.05) is 25.8 Å². The highest BCUT2D eigenvalue weighted by Gasteiger charge is 2.37. The minimum atomic E-state index is -0.898. The van der Waals surface area contributed by atoms with Gasteiger partial charge < -0.3 is 9.80 Å². The molecule has 1 fully saturated rings. The molecule has 1 heterocycles. The smallest absolute Gasteiger partial charge is 0.260 e. The Hall–Kier alpha value is -1.98. The van der Waals surface area contributed by atoms with E-state index in [1.54, 1.807) is 11.9 Å². The van der Waals surface area contributed by atoms with Crippen molar-refractivity contribution in [3.8, 4) is 0 Å². The molecule has 0 radical (unpaired) electrons. The molecule has 120 valence electrons. The quantitative estimate of drug-likeness (QED) is 0.857. The van der Waals surface area contributed by atoms with Crippen molar-refractivity contribution in [2.45, 2.75) is 32.2 Å². The zero-order valence-electron chi connectivity index (χ0n) is 12.8. The van der Waals surface area contributed by atoms with Crippen LogP contribution in [0.25, 0.3) is 0 Å². The third-order valence-corrected chi connectivity index (χ3v) is 3.98. The van der Waals surface area contributed by atoms with E-state index in [-0.39, 0.29) is 12.5 Å².